The Morgan fingerprint density at radius 2 is 1.92 bits per heavy atom. The molecule has 0 bridgehead atoms. The van der Waals surface area contributed by atoms with Crippen molar-refractivity contribution in [2.24, 2.45) is 5.84 Å². The molecule has 0 saturated carbocycles. The molecule has 25 heavy (non-hydrogen) atoms. The van der Waals surface area contributed by atoms with Crippen molar-refractivity contribution in [3.63, 3.8) is 0 Å². The van der Waals surface area contributed by atoms with Crippen LogP contribution in [0.2, 0.25) is 0 Å². The molecule has 3 heteroatoms. The normalized spacial score (nSPS) is 21.2. The van der Waals surface area contributed by atoms with E-state index in [1.165, 1.54) is 23.1 Å². The van der Waals surface area contributed by atoms with E-state index in [1.54, 1.807) is 7.11 Å². The standard InChI is InChI=1S/C22H30N2O/c1-3-9-18-12-13-21(25-2)19(16-18)17-22(14-7-8-15-24(22)23)20-10-5-4-6-11-20/h4-6,10-13,16H,3,7-9,14-15,17,23H2,1-2H3. The fraction of sp³-hybridized carbons (Fsp3) is 0.455. The molecular weight excluding hydrogens is 308 g/mol. The van der Waals surface area contributed by atoms with E-state index in [0.717, 1.165) is 44.4 Å². The van der Waals surface area contributed by atoms with E-state index in [-0.39, 0.29) is 5.54 Å². The molecule has 0 aromatic heterocycles. The Morgan fingerprint density at radius 3 is 2.60 bits per heavy atom. The van der Waals surface area contributed by atoms with Crippen LogP contribution < -0.4 is 10.6 Å². The molecule has 0 amide bonds. The molecule has 0 radical (unpaired) electrons. The molecule has 1 aliphatic heterocycles. The van der Waals surface area contributed by atoms with Crippen molar-refractivity contribution < 1.29 is 4.74 Å². The van der Waals surface area contributed by atoms with Crippen molar-refractivity contribution in [3.8, 4) is 5.75 Å². The summed E-state index contributed by atoms with van der Waals surface area (Å²) in [6, 6.07) is 17.3. The van der Waals surface area contributed by atoms with E-state index < -0.39 is 0 Å². The van der Waals surface area contributed by atoms with Crippen LogP contribution in [-0.4, -0.2) is 18.7 Å². The Bertz CT molecular complexity index is 686. The lowest BCUT2D eigenvalue weighted by atomic mass is 9.76. The van der Waals surface area contributed by atoms with Crippen LogP contribution in [0.15, 0.2) is 48.5 Å². The largest absolute Gasteiger partial charge is 0.496 e. The van der Waals surface area contributed by atoms with Gasteiger partial charge in [-0.15, -0.1) is 0 Å². The van der Waals surface area contributed by atoms with Crippen molar-refractivity contribution >= 4 is 0 Å². The first-order chi connectivity index (χ1) is 12.2. The Kier molecular flexibility index (Phi) is 5.77. The second-order valence-corrected chi connectivity index (χ2v) is 7.12. The molecule has 3 nitrogen and oxygen atoms in total. The third-order valence-corrected chi connectivity index (χ3v) is 5.47. The second kappa shape index (κ2) is 8.03. The van der Waals surface area contributed by atoms with Crippen molar-refractivity contribution in [1.82, 2.24) is 5.01 Å². The Balaban J connectivity index is 2.02. The number of benzene rings is 2. The van der Waals surface area contributed by atoms with Gasteiger partial charge in [0.25, 0.3) is 0 Å². The molecule has 3 rings (SSSR count). The van der Waals surface area contributed by atoms with Gasteiger partial charge in [-0.3, -0.25) is 5.84 Å². The Hall–Kier alpha value is -1.84. The molecule has 1 aliphatic rings. The Labute approximate surface area is 151 Å². The van der Waals surface area contributed by atoms with Gasteiger partial charge in [-0.25, -0.2) is 5.01 Å². The predicted molar refractivity (Wildman–Crippen MR) is 104 cm³/mol. The number of rotatable bonds is 6. The van der Waals surface area contributed by atoms with Gasteiger partial charge in [0.05, 0.1) is 12.6 Å². The van der Waals surface area contributed by atoms with Gasteiger partial charge in [0.15, 0.2) is 0 Å². The number of methoxy groups -OCH3 is 1. The average Bonchev–Trinajstić information content (AvgIpc) is 2.65. The minimum Gasteiger partial charge on any atom is -0.496 e. The first-order valence-corrected chi connectivity index (χ1v) is 9.43. The maximum atomic E-state index is 6.57. The van der Waals surface area contributed by atoms with E-state index in [9.17, 15) is 0 Å². The van der Waals surface area contributed by atoms with Gasteiger partial charge < -0.3 is 4.74 Å². The minimum absolute atomic E-state index is 0.155. The molecular formula is C22H30N2O. The molecule has 2 aromatic carbocycles. The molecule has 1 unspecified atom stereocenters. The summed E-state index contributed by atoms with van der Waals surface area (Å²) in [5.41, 5.74) is 3.79. The van der Waals surface area contributed by atoms with Gasteiger partial charge in [-0.1, -0.05) is 55.8 Å². The van der Waals surface area contributed by atoms with E-state index in [1.807, 2.05) is 0 Å². The highest BCUT2D eigenvalue weighted by Gasteiger charge is 2.39. The summed E-state index contributed by atoms with van der Waals surface area (Å²) >= 11 is 0. The zero-order valence-corrected chi connectivity index (χ0v) is 15.5. The van der Waals surface area contributed by atoms with Gasteiger partial charge in [0, 0.05) is 6.54 Å². The van der Waals surface area contributed by atoms with Crippen LogP contribution in [-0.2, 0) is 18.4 Å². The SMILES string of the molecule is CCCc1ccc(OC)c(CC2(c3ccccc3)CCCCN2N)c1. The summed E-state index contributed by atoms with van der Waals surface area (Å²) < 4.78 is 5.68. The van der Waals surface area contributed by atoms with Crippen LogP contribution in [0.3, 0.4) is 0 Å². The smallest absolute Gasteiger partial charge is 0.122 e. The average molecular weight is 338 g/mol. The van der Waals surface area contributed by atoms with Gasteiger partial charge in [0.1, 0.15) is 5.75 Å². The number of ether oxygens (including phenoxy) is 1. The first-order valence-electron chi connectivity index (χ1n) is 9.43. The van der Waals surface area contributed by atoms with Crippen LogP contribution in [0.4, 0.5) is 0 Å². The van der Waals surface area contributed by atoms with Crippen molar-refractivity contribution in [1.29, 1.82) is 0 Å². The summed E-state index contributed by atoms with van der Waals surface area (Å²) in [7, 11) is 1.76. The Morgan fingerprint density at radius 1 is 1.12 bits per heavy atom. The quantitative estimate of drug-likeness (QED) is 0.791. The predicted octanol–water partition coefficient (Wildman–Crippen LogP) is 4.45. The highest BCUT2D eigenvalue weighted by Crippen LogP contribution is 2.40. The van der Waals surface area contributed by atoms with Crippen molar-refractivity contribution in [2.75, 3.05) is 13.7 Å². The number of nitrogens with zero attached hydrogens (tertiary/aromatic N) is 1. The van der Waals surface area contributed by atoms with Crippen LogP contribution in [0, 0.1) is 0 Å². The number of hydrogen-bond donors (Lipinski definition) is 1. The number of aryl methyl sites for hydroxylation is 1. The summed E-state index contributed by atoms with van der Waals surface area (Å²) in [5.74, 6) is 7.54. The van der Waals surface area contributed by atoms with Gasteiger partial charge in [-0.05, 0) is 54.9 Å². The second-order valence-electron chi connectivity index (χ2n) is 7.12. The van der Waals surface area contributed by atoms with E-state index >= 15 is 0 Å². The molecule has 0 aliphatic carbocycles. The fourth-order valence-electron chi connectivity index (χ4n) is 4.14. The topological polar surface area (TPSA) is 38.5 Å². The lowest BCUT2D eigenvalue weighted by molar-refractivity contribution is 0.0420. The van der Waals surface area contributed by atoms with Gasteiger partial charge in [0.2, 0.25) is 0 Å². The number of hydrazine groups is 1. The monoisotopic (exact) mass is 338 g/mol. The molecule has 1 atom stereocenters. The maximum absolute atomic E-state index is 6.57. The molecule has 1 saturated heterocycles. The molecule has 2 aromatic rings. The number of nitrogens with two attached hydrogens (primary N) is 1. The zero-order chi connectivity index (χ0) is 17.7. The molecule has 1 fully saturated rings. The van der Waals surface area contributed by atoms with Crippen molar-refractivity contribution in [3.05, 3.63) is 65.2 Å². The van der Waals surface area contributed by atoms with Crippen LogP contribution in [0.25, 0.3) is 0 Å². The third-order valence-electron chi connectivity index (χ3n) is 5.47. The van der Waals surface area contributed by atoms with Crippen LogP contribution in [0.1, 0.15) is 49.3 Å². The van der Waals surface area contributed by atoms with Gasteiger partial charge >= 0.3 is 0 Å². The first kappa shape index (κ1) is 18.0. The lowest BCUT2D eigenvalue weighted by Crippen LogP contribution is -2.54. The van der Waals surface area contributed by atoms with E-state index in [0.29, 0.717) is 0 Å². The van der Waals surface area contributed by atoms with Crippen molar-refractivity contribution in [2.45, 2.75) is 51.0 Å². The van der Waals surface area contributed by atoms with Gasteiger partial charge in [-0.2, -0.15) is 0 Å². The summed E-state index contributed by atoms with van der Waals surface area (Å²) in [4.78, 5) is 0. The minimum atomic E-state index is -0.155. The molecule has 1 heterocycles. The van der Waals surface area contributed by atoms with Crippen LogP contribution in [0.5, 0.6) is 5.75 Å². The molecule has 134 valence electrons. The highest BCUT2D eigenvalue weighted by atomic mass is 16.5. The third kappa shape index (κ3) is 3.73. The number of piperidine rings is 1. The highest BCUT2D eigenvalue weighted by molar-refractivity contribution is 5.40. The fourth-order valence-corrected chi connectivity index (χ4v) is 4.14. The molecule has 0 spiro atoms. The van der Waals surface area contributed by atoms with E-state index in [4.69, 9.17) is 10.6 Å². The lowest BCUT2D eigenvalue weighted by Gasteiger charge is -2.45. The zero-order valence-electron chi connectivity index (χ0n) is 15.5. The maximum Gasteiger partial charge on any atom is 0.122 e. The van der Waals surface area contributed by atoms with Crippen LogP contribution >= 0.6 is 0 Å². The number of hydrogen-bond acceptors (Lipinski definition) is 3. The summed E-state index contributed by atoms with van der Waals surface area (Å²) in [6.45, 7) is 3.16. The summed E-state index contributed by atoms with van der Waals surface area (Å²) in [6.07, 6.45) is 6.58. The summed E-state index contributed by atoms with van der Waals surface area (Å²) in [5, 5.41) is 2.07. The van der Waals surface area contributed by atoms with E-state index in [2.05, 4.69) is 60.5 Å². The molecule has 2 N–H and O–H groups in total.